The SMILES string of the molecule is COCCCc1cc(CN(C(=O)[C@H]2CNCC[C@@H]2c2ccc(OCc3cc(-c4c(F)ccc(F)c4Cl)no3)nc2)C2CC2)c(Cl)c[n+]1[O-]. The standard InChI is InChI=1S/C34H35Cl2F2N5O5/c1-46-12-2-3-23-13-21(27(35)18-43(23)45)17-42(22-5-6-22)34(44)26-16-39-11-10-25(26)20-4-9-31(40-15-20)47-19-24-14-30(41-48-24)32-28(37)7-8-29(38)33(32)36/h4,7-9,13-15,18,22,25-26,39H,2-3,5-6,10-12,16-17,19H2,1H3/t25-,26+/m1/s1. The summed E-state index contributed by atoms with van der Waals surface area (Å²) in [5.74, 6) is -1.24. The van der Waals surface area contributed by atoms with Crippen LogP contribution < -0.4 is 14.8 Å². The Kier molecular flexibility index (Phi) is 10.7. The second-order valence-electron chi connectivity index (χ2n) is 12.1. The molecule has 4 aromatic rings. The molecule has 2 fully saturated rings. The number of methoxy groups -OCH3 is 1. The molecule has 3 aromatic heterocycles. The summed E-state index contributed by atoms with van der Waals surface area (Å²) in [5.41, 5.74) is 2.12. The highest BCUT2D eigenvalue weighted by atomic mass is 35.5. The molecule has 1 saturated heterocycles. The van der Waals surface area contributed by atoms with Gasteiger partial charge in [0.15, 0.2) is 24.3 Å². The van der Waals surface area contributed by atoms with Gasteiger partial charge in [-0.3, -0.25) is 4.79 Å². The first-order chi connectivity index (χ1) is 23.2. The quantitative estimate of drug-likeness (QED) is 0.0782. The fraction of sp³-hybridized carbons (Fsp3) is 0.412. The second-order valence-corrected chi connectivity index (χ2v) is 12.9. The number of carbonyl (C=O) groups excluding carboxylic acids is 1. The molecule has 1 N–H and O–H groups in total. The molecule has 4 heterocycles. The van der Waals surface area contributed by atoms with Gasteiger partial charge in [0, 0.05) is 69.2 Å². The smallest absolute Gasteiger partial charge is 0.228 e. The van der Waals surface area contributed by atoms with E-state index in [1.165, 1.54) is 12.3 Å². The highest BCUT2D eigenvalue weighted by molar-refractivity contribution is 6.33. The third-order valence-corrected chi connectivity index (χ3v) is 9.47. The molecular formula is C34H35Cl2F2N5O5. The molecule has 2 aliphatic rings. The molecule has 1 saturated carbocycles. The molecule has 10 nitrogen and oxygen atoms in total. The average molecular weight is 703 g/mol. The maximum Gasteiger partial charge on any atom is 0.228 e. The number of ether oxygens (including phenoxy) is 2. The van der Waals surface area contributed by atoms with Gasteiger partial charge in [-0.15, -0.1) is 0 Å². The topological polar surface area (TPSA) is 117 Å². The fourth-order valence-electron chi connectivity index (χ4n) is 6.09. The van der Waals surface area contributed by atoms with Crippen LogP contribution in [0.3, 0.4) is 0 Å². The molecule has 0 radical (unpaired) electrons. The minimum Gasteiger partial charge on any atom is -0.618 e. The van der Waals surface area contributed by atoms with E-state index in [4.69, 9.17) is 37.2 Å². The molecule has 1 aliphatic heterocycles. The molecule has 2 atom stereocenters. The van der Waals surface area contributed by atoms with Crippen molar-refractivity contribution in [2.24, 2.45) is 5.92 Å². The lowest BCUT2D eigenvalue weighted by Crippen LogP contribution is -2.47. The van der Waals surface area contributed by atoms with E-state index in [0.717, 1.165) is 53.8 Å². The highest BCUT2D eigenvalue weighted by Crippen LogP contribution is 2.37. The van der Waals surface area contributed by atoms with Gasteiger partial charge in [-0.1, -0.05) is 34.4 Å². The van der Waals surface area contributed by atoms with Crippen LogP contribution in [-0.4, -0.2) is 53.8 Å². The molecule has 14 heteroatoms. The largest absolute Gasteiger partial charge is 0.618 e. The van der Waals surface area contributed by atoms with E-state index in [1.54, 1.807) is 25.4 Å². The van der Waals surface area contributed by atoms with Crippen LogP contribution in [0.5, 0.6) is 5.88 Å². The number of nitrogens with zero attached hydrogens (tertiary/aromatic N) is 4. The van der Waals surface area contributed by atoms with E-state index in [-0.39, 0.29) is 52.4 Å². The zero-order chi connectivity index (χ0) is 33.8. The van der Waals surface area contributed by atoms with Crippen molar-refractivity contribution in [1.82, 2.24) is 20.4 Å². The van der Waals surface area contributed by atoms with Gasteiger partial charge in [0.2, 0.25) is 11.8 Å². The number of hydrogen-bond donors (Lipinski definition) is 1. The summed E-state index contributed by atoms with van der Waals surface area (Å²) < 4.78 is 45.1. The lowest BCUT2D eigenvalue weighted by Gasteiger charge is -2.35. The average Bonchev–Trinajstić information content (AvgIpc) is 3.83. The maximum atomic E-state index is 14.3. The third kappa shape index (κ3) is 7.72. The Balaban J connectivity index is 1.12. The first kappa shape index (κ1) is 34.0. The van der Waals surface area contributed by atoms with Crippen LogP contribution in [0, 0.1) is 22.8 Å². The van der Waals surface area contributed by atoms with Crippen molar-refractivity contribution in [3.8, 4) is 17.1 Å². The van der Waals surface area contributed by atoms with Crippen LogP contribution >= 0.6 is 23.2 Å². The van der Waals surface area contributed by atoms with Crippen LogP contribution in [0.1, 0.15) is 54.2 Å². The number of nitrogens with one attached hydrogen (secondary N) is 1. The number of aryl methyl sites for hydroxylation is 1. The fourth-order valence-corrected chi connectivity index (χ4v) is 6.55. The van der Waals surface area contributed by atoms with Gasteiger partial charge in [0.25, 0.3) is 0 Å². The second kappa shape index (κ2) is 15.1. The first-order valence-corrected chi connectivity index (χ1v) is 16.6. The first-order valence-electron chi connectivity index (χ1n) is 15.8. The zero-order valence-electron chi connectivity index (χ0n) is 26.3. The van der Waals surface area contributed by atoms with Crippen molar-refractivity contribution in [3.63, 3.8) is 0 Å². The van der Waals surface area contributed by atoms with Crippen LogP contribution in [0.25, 0.3) is 11.3 Å². The van der Waals surface area contributed by atoms with Crippen molar-refractivity contribution in [1.29, 1.82) is 0 Å². The molecule has 0 bridgehead atoms. The molecule has 0 spiro atoms. The highest BCUT2D eigenvalue weighted by Gasteiger charge is 2.40. The van der Waals surface area contributed by atoms with Crippen molar-refractivity contribution in [3.05, 3.63) is 98.3 Å². The van der Waals surface area contributed by atoms with Gasteiger partial charge in [0.05, 0.1) is 16.5 Å². The van der Waals surface area contributed by atoms with E-state index in [1.807, 2.05) is 11.0 Å². The van der Waals surface area contributed by atoms with Gasteiger partial charge >= 0.3 is 0 Å². The van der Waals surface area contributed by atoms with E-state index < -0.39 is 11.6 Å². The minimum absolute atomic E-state index is 0.0434. The van der Waals surface area contributed by atoms with Crippen LogP contribution in [0.15, 0.2) is 53.3 Å². The minimum atomic E-state index is -0.766. The molecule has 1 aromatic carbocycles. The Morgan fingerprint density at radius 2 is 1.98 bits per heavy atom. The monoisotopic (exact) mass is 701 g/mol. The van der Waals surface area contributed by atoms with Gasteiger partial charge in [-0.25, -0.2) is 13.8 Å². The van der Waals surface area contributed by atoms with Crippen LogP contribution in [-0.2, 0) is 29.1 Å². The molecule has 1 amide bonds. The Morgan fingerprint density at radius 1 is 1.17 bits per heavy atom. The summed E-state index contributed by atoms with van der Waals surface area (Å²) in [7, 11) is 1.62. The summed E-state index contributed by atoms with van der Waals surface area (Å²) in [6.45, 7) is 2.11. The molecule has 0 unspecified atom stereocenters. The number of pyridine rings is 2. The normalized spacial score (nSPS) is 17.8. The van der Waals surface area contributed by atoms with Gasteiger partial charge in [-0.05, 0) is 55.8 Å². The summed E-state index contributed by atoms with van der Waals surface area (Å²) in [6.07, 6.45) is 6.93. The Hall–Kier alpha value is -3.84. The molecular weight excluding hydrogens is 667 g/mol. The number of amides is 1. The summed E-state index contributed by atoms with van der Waals surface area (Å²) in [5, 5.41) is 19.6. The number of aromatic nitrogens is 3. The van der Waals surface area contributed by atoms with E-state index in [2.05, 4.69) is 15.5 Å². The Labute approximate surface area is 286 Å². The molecule has 254 valence electrons. The zero-order valence-corrected chi connectivity index (χ0v) is 27.8. The van der Waals surface area contributed by atoms with Gasteiger partial charge < -0.3 is 29.4 Å². The Morgan fingerprint density at radius 3 is 2.73 bits per heavy atom. The number of halogens is 4. The van der Waals surface area contributed by atoms with Crippen molar-refractivity contribution in [2.45, 2.75) is 57.2 Å². The Bertz CT molecular complexity index is 1750. The lowest BCUT2D eigenvalue weighted by molar-refractivity contribution is -0.614. The van der Waals surface area contributed by atoms with Gasteiger partial charge in [-0.2, -0.15) is 4.73 Å². The number of hydrogen-bond acceptors (Lipinski definition) is 8. The van der Waals surface area contributed by atoms with Crippen LogP contribution in [0.4, 0.5) is 8.78 Å². The van der Waals surface area contributed by atoms with Crippen molar-refractivity contribution >= 4 is 29.1 Å². The van der Waals surface area contributed by atoms with Gasteiger partial charge in [0.1, 0.15) is 22.4 Å². The summed E-state index contributed by atoms with van der Waals surface area (Å²) in [4.78, 5) is 20.6. The van der Waals surface area contributed by atoms with E-state index in [9.17, 15) is 18.8 Å². The molecule has 48 heavy (non-hydrogen) atoms. The van der Waals surface area contributed by atoms with Crippen molar-refractivity contribution < 1.29 is 32.3 Å². The summed E-state index contributed by atoms with van der Waals surface area (Å²) >= 11 is 12.5. The van der Waals surface area contributed by atoms with E-state index >= 15 is 0 Å². The molecule has 6 rings (SSSR count). The number of benzene rings is 1. The van der Waals surface area contributed by atoms with Crippen molar-refractivity contribution in [2.75, 3.05) is 26.8 Å². The van der Waals surface area contributed by atoms with Crippen LogP contribution in [0.2, 0.25) is 10.0 Å². The molecule has 1 aliphatic carbocycles. The predicted octanol–water partition coefficient (Wildman–Crippen LogP) is 6.00. The third-order valence-electron chi connectivity index (χ3n) is 8.76. The maximum absolute atomic E-state index is 14.3. The number of carbonyl (C=O) groups is 1. The summed E-state index contributed by atoms with van der Waals surface area (Å²) in [6, 6.07) is 8.91. The van der Waals surface area contributed by atoms with E-state index in [0.29, 0.717) is 49.1 Å². The predicted molar refractivity (Wildman–Crippen MR) is 173 cm³/mol. The number of piperidine rings is 1. The number of rotatable bonds is 13. The lowest BCUT2D eigenvalue weighted by atomic mass is 9.81.